The minimum absolute atomic E-state index is 0.131. The zero-order chi connectivity index (χ0) is 15.6. The van der Waals surface area contributed by atoms with Crippen molar-refractivity contribution in [3.8, 4) is 0 Å². The van der Waals surface area contributed by atoms with E-state index in [1.54, 1.807) is 14.2 Å². The molecule has 4 nitrogen and oxygen atoms in total. The van der Waals surface area contributed by atoms with Crippen LogP contribution in [0, 0.1) is 0 Å². The third kappa shape index (κ3) is 5.68. The zero-order valence-corrected chi connectivity index (χ0v) is 14.2. The van der Waals surface area contributed by atoms with E-state index in [0.29, 0.717) is 13.0 Å². The van der Waals surface area contributed by atoms with Crippen LogP contribution in [0.3, 0.4) is 0 Å². The molecular formula is C16H34O4. The van der Waals surface area contributed by atoms with E-state index >= 15 is 0 Å². The zero-order valence-electron chi connectivity index (χ0n) is 14.2. The molecule has 0 aromatic carbocycles. The number of methoxy groups -OCH3 is 2. The maximum absolute atomic E-state index is 10.1. The fourth-order valence-corrected chi connectivity index (χ4v) is 2.66. The van der Waals surface area contributed by atoms with Gasteiger partial charge in [0.25, 0.3) is 0 Å². The van der Waals surface area contributed by atoms with Crippen molar-refractivity contribution in [2.45, 2.75) is 83.7 Å². The molecular weight excluding hydrogens is 256 g/mol. The molecule has 0 fully saturated rings. The monoisotopic (exact) mass is 290 g/mol. The van der Waals surface area contributed by atoms with Crippen LogP contribution < -0.4 is 0 Å². The fraction of sp³-hybridized carbons (Fsp3) is 1.00. The van der Waals surface area contributed by atoms with E-state index in [0.717, 1.165) is 32.1 Å². The van der Waals surface area contributed by atoms with Gasteiger partial charge in [-0.1, -0.05) is 27.7 Å². The van der Waals surface area contributed by atoms with Gasteiger partial charge < -0.3 is 19.3 Å². The third-order valence-electron chi connectivity index (χ3n) is 4.86. The highest BCUT2D eigenvalue weighted by molar-refractivity contribution is 4.79. The Kier molecular flexibility index (Phi) is 9.64. The SMILES string of the molecule is CCC(CC)(CCOC(O)CC(CC)(CC)OC)OC. The first-order valence-corrected chi connectivity index (χ1v) is 7.87. The molecule has 0 radical (unpaired) electrons. The van der Waals surface area contributed by atoms with E-state index in [-0.39, 0.29) is 11.2 Å². The first kappa shape index (κ1) is 19.8. The van der Waals surface area contributed by atoms with E-state index in [9.17, 15) is 5.11 Å². The maximum Gasteiger partial charge on any atom is 0.157 e. The molecule has 0 aromatic heterocycles. The van der Waals surface area contributed by atoms with Gasteiger partial charge in [-0.05, 0) is 32.1 Å². The van der Waals surface area contributed by atoms with Crippen LogP contribution in [-0.4, -0.2) is 43.4 Å². The van der Waals surface area contributed by atoms with Gasteiger partial charge in [-0.2, -0.15) is 0 Å². The van der Waals surface area contributed by atoms with Crippen molar-refractivity contribution >= 4 is 0 Å². The normalized spacial score (nSPS) is 14.6. The summed E-state index contributed by atoms with van der Waals surface area (Å²) in [7, 11) is 3.44. The third-order valence-corrected chi connectivity index (χ3v) is 4.86. The Balaban J connectivity index is 4.26. The molecule has 0 amide bonds. The van der Waals surface area contributed by atoms with Crippen LogP contribution in [0.2, 0.25) is 0 Å². The Hall–Kier alpha value is -0.160. The second-order valence-corrected chi connectivity index (χ2v) is 5.47. The molecule has 1 atom stereocenters. The Labute approximate surface area is 124 Å². The summed E-state index contributed by atoms with van der Waals surface area (Å²) in [6.45, 7) is 8.89. The fourth-order valence-electron chi connectivity index (χ4n) is 2.66. The lowest BCUT2D eigenvalue weighted by Crippen LogP contribution is -2.36. The summed E-state index contributed by atoms with van der Waals surface area (Å²) in [5.41, 5.74) is -0.416. The average Bonchev–Trinajstić information content (AvgIpc) is 2.50. The van der Waals surface area contributed by atoms with Crippen LogP contribution in [0.5, 0.6) is 0 Å². The van der Waals surface area contributed by atoms with Crippen molar-refractivity contribution in [3.05, 3.63) is 0 Å². The molecule has 0 rings (SSSR count). The van der Waals surface area contributed by atoms with E-state index in [4.69, 9.17) is 14.2 Å². The van der Waals surface area contributed by atoms with Crippen LogP contribution >= 0.6 is 0 Å². The van der Waals surface area contributed by atoms with Crippen LogP contribution in [0.15, 0.2) is 0 Å². The highest BCUT2D eigenvalue weighted by Gasteiger charge is 2.30. The second-order valence-electron chi connectivity index (χ2n) is 5.47. The van der Waals surface area contributed by atoms with Crippen LogP contribution in [0.4, 0.5) is 0 Å². The summed E-state index contributed by atoms with van der Waals surface area (Å²) in [6, 6.07) is 0. The second kappa shape index (κ2) is 9.72. The summed E-state index contributed by atoms with van der Waals surface area (Å²) in [5, 5.41) is 10.1. The summed E-state index contributed by atoms with van der Waals surface area (Å²) < 4.78 is 16.7. The molecule has 1 unspecified atom stereocenters. The van der Waals surface area contributed by atoms with Gasteiger partial charge in [0.1, 0.15) is 0 Å². The summed E-state index contributed by atoms with van der Waals surface area (Å²) in [5.74, 6) is 0. The van der Waals surface area contributed by atoms with Crippen molar-refractivity contribution in [2.24, 2.45) is 0 Å². The van der Waals surface area contributed by atoms with Crippen molar-refractivity contribution in [1.29, 1.82) is 0 Å². The van der Waals surface area contributed by atoms with Crippen LogP contribution in [0.25, 0.3) is 0 Å². The number of hydrogen-bond donors (Lipinski definition) is 1. The molecule has 20 heavy (non-hydrogen) atoms. The van der Waals surface area contributed by atoms with Crippen molar-refractivity contribution in [3.63, 3.8) is 0 Å². The number of ether oxygens (including phenoxy) is 3. The Morgan fingerprint density at radius 2 is 1.30 bits per heavy atom. The molecule has 0 saturated heterocycles. The van der Waals surface area contributed by atoms with E-state index in [1.807, 2.05) is 0 Å². The van der Waals surface area contributed by atoms with Gasteiger partial charge in [-0.3, -0.25) is 0 Å². The highest BCUT2D eigenvalue weighted by Crippen LogP contribution is 2.27. The molecule has 0 saturated carbocycles. The highest BCUT2D eigenvalue weighted by atomic mass is 16.6. The summed E-state index contributed by atoms with van der Waals surface area (Å²) in [4.78, 5) is 0. The summed E-state index contributed by atoms with van der Waals surface area (Å²) >= 11 is 0. The molecule has 0 bridgehead atoms. The van der Waals surface area contributed by atoms with Crippen LogP contribution in [0.1, 0.15) is 66.2 Å². The lowest BCUT2D eigenvalue weighted by molar-refractivity contribution is -0.160. The number of aliphatic hydroxyl groups excluding tert-OH is 1. The molecule has 0 aliphatic heterocycles. The predicted octanol–water partition coefficient (Wildman–Crippen LogP) is 3.51. The van der Waals surface area contributed by atoms with Gasteiger partial charge in [-0.15, -0.1) is 0 Å². The molecule has 0 spiro atoms. The van der Waals surface area contributed by atoms with E-state index in [1.165, 1.54) is 0 Å². The maximum atomic E-state index is 10.1. The lowest BCUT2D eigenvalue weighted by Gasteiger charge is -2.33. The first-order chi connectivity index (χ1) is 9.46. The molecule has 122 valence electrons. The van der Waals surface area contributed by atoms with Gasteiger partial charge in [0.15, 0.2) is 6.29 Å². The molecule has 0 heterocycles. The topological polar surface area (TPSA) is 47.9 Å². The van der Waals surface area contributed by atoms with Crippen LogP contribution in [-0.2, 0) is 14.2 Å². The van der Waals surface area contributed by atoms with Crippen molar-refractivity contribution in [2.75, 3.05) is 20.8 Å². The van der Waals surface area contributed by atoms with Crippen molar-refractivity contribution < 1.29 is 19.3 Å². The smallest absolute Gasteiger partial charge is 0.157 e. The average molecular weight is 290 g/mol. The summed E-state index contributed by atoms with van der Waals surface area (Å²) in [6.07, 6.45) is 4.16. The van der Waals surface area contributed by atoms with Crippen molar-refractivity contribution in [1.82, 2.24) is 0 Å². The van der Waals surface area contributed by atoms with Gasteiger partial charge in [0.05, 0.1) is 17.8 Å². The molecule has 0 aliphatic carbocycles. The molecule has 4 heteroatoms. The quantitative estimate of drug-likeness (QED) is 0.559. The lowest BCUT2D eigenvalue weighted by atomic mass is 9.92. The number of rotatable bonds is 12. The van der Waals surface area contributed by atoms with E-state index < -0.39 is 6.29 Å². The number of aliphatic hydroxyl groups is 1. The van der Waals surface area contributed by atoms with E-state index in [2.05, 4.69) is 27.7 Å². The standard InChI is InChI=1S/C16H34O4/c1-7-15(8-2,18-5)11-12-20-14(17)13-16(9-3,10-4)19-6/h14,17H,7-13H2,1-6H3. The Morgan fingerprint density at radius 1 is 0.850 bits per heavy atom. The Bertz CT molecular complexity index is 218. The van der Waals surface area contributed by atoms with Gasteiger partial charge in [0.2, 0.25) is 0 Å². The predicted molar refractivity (Wildman–Crippen MR) is 81.8 cm³/mol. The van der Waals surface area contributed by atoms with Gasteiger partial charge in [-0.25, -0.2) is 0 Å². The molecule has 1 N–H and O–H groups in total. The minimum Gasteiger partial charge on any atom is -0.378 e. The molecule has 0 aromatic rings. The largest absolute Gasteiger partial charge is 0.378 e. The minimum atomic E-state index is -0.780. The first-order valence-electron chi connectivity index (χ1n) is 7.87. The van der Waals surface area contributed by atoms with Gasteiger partial charge >= 0.3 is 0 Å². The molecule has 0 aliphatic rings. The van der Waals surface area contributed by atoms with Gasteiger partial charge in [0, 0.05) is 20.6 Å². The number of hydrogen-bond acceptors (Lipinski definition) is 4. The Morgan fingerprint density at radius 3 is 1.65 bits per heavy atom.